The van der Waals surface area contributed by atoms with E-state index in [2.05, 4.69) is 11.6 Å². The maximum atomic E-state index is 14.1. The minimum Gasteiger partial charge on any atom is -0.485 e. The van der Waals surface area contributed by atoms with Crippen LogP contribution in [0.15, 0.2) is 47.5 Å². The fourth-order valence-corrected chi connectivity index (χ4v) is 3.03. The van der Waals surface area contributed by atoms with Crippen molar-refractivity contribution in [3.63, 3.8) is 0 Å². The number of benzene rings is 1. The average Bonchev–Trinajstić information content (AvgIpc) is 2.66. The molecule has 9 heteroatoms. The van der Waals surface area contributed by atoms with Crippen LogP contribution in [-0.2, 0) is 4.79 Å². The Labute approximate surface area is 154 Å². The van der Waals surface area contributed by atoms with Crippen molar-refractivity contribution in [3.05, 3.63) is 42.5 Å². The van der Waals surface area contributed by atoms with Gasteiger partial charge in [0.05, 0.1) is 17.5 Å². The number of carbonyl (C=O) groups is 1. The third-order valence-electron chi connectivity index (χ3n) is 4.39. The molecule has 6 nitrogen and oxygen atoms in total. The van der Waals surface area contributed by atoms with Gasteiger partial charge in [-0.1, -0.05) is 6.58 Å². The summed E-state index contributed by atoms with van der Waals surface area (Å²) in [6, 6.07) is 5.43. The Hall–Kier alpha value is -2.97. The Morgan fingerprint density at radius 1 is 1.33 bits per heavy atom. The molecule has 0 aromatic heterocycles. The maximum Gasteiger partial charge on any atom is 0.262 e. The standard InChI is InChI=1S/C17H17FN4O2.CH2F2/c1-11-10-24-14-5-4-12(8-13(14)20(11)2)22-16(23)9-15(18)21-7-3-6-19-17(21)22;2-1-3/h4-5,8-9H,1,3,6-7,10H2,2H3;1H2. The summed E-state index contributed by atoms with van der Waals surface area (Å²) < 4.78 is 39.0. The van der Waals surface area contributed by atoms with Gasteiger partial charge in [0.2, 0.25) is 18.8 Å². The Kier molecular flexibility index (Phi) is 5.38. The quantitative estimate of drug-likeness (QED) is 0.703. The molecule has 0 unspecified atom stereocenters. The zero-order valence-electron chi connectivity index (χ0n) is 14.8. The summed E-state index contributed by atoms with van der Waals surface area (Å²) in [4.78, 5) is 21.6. The second-order valence-electron chi connectivity index (χ2n) is 5.99. The van der Waals surface area contributed by atoms with Gasteiger partial charge in [-0.05, 0) is 24.6 Å². The molecule has 0 atom stereocenters. The van der Waals surface area contributed by atoms with Crippen LogP contribution in [0.4, 0.5) is 24.5 Å². The highest BCUT2D eigenvalue weighted by atomic mass is 19.3. The number of guanidine groups is 1. The lowest BCUT2D eigenvalue weighted by molar-refractivity contribution is -0.113. The number of hydrogen-bond donors (Lipinski definition) is 0. The predicted octanol–water partition coefficient (Wildman–Crippen LogP) is 3.13. The number of fused-ring (bicyclic) bond motifs is 2. The molecule has 3 aliphatic rings. The van der Waals surface area contributed by atoms with Crippen molar-refractivity contribution in [2.75, 3.05) is 43.5 Å². The highest BCUT2D eigenvalue weighted by molar-refractivity contribution is 6.22. The largest absolute Gasteiger partial charge is 0.485 e. The molecule has 0 radical (unpaired) electrons. The van der Waals surface area contributed by atoms with Gasteiger partial charge < -0.3 is 9.64 Å². The second kappa shape index (κ2) is 7.73. The Bertz CT molecular complexity index is 825. The van der Waals surface area contributed by atoms with Crippen molar-refractivity contribution in [1.29, 1.82) is 0 Å². The molecule has 0 N–H and O–H groups in total. The minimum atomic E-state index is -1.75. The molecule has 144 valence electrons. The van der Waals surface area contributed by atoms with Crippen molar-refractivity contribution in [3.8, 4) is 5.75 Å². The van der Waals surface area contributed by atoms with E-state index < -0.39 is 18.8 Å². The van der Waals surface area contributed by atoms with Crippen molar-refractivity contribution in [2.45, 2.75) is 6.42 Å². The van der Waals surface area contributed by atoms with Crippen molar-refractivity contribution < 1.29 is 22.7 Å². The third kappa shape index (κ3) is 3.49. The number of nitrogens with zero attached hydrogens (tertiary/aromatic N) is 4. The molecule has 4 rings (SSSR count). The first kappa shape index (κ1) is 18.8. The monoisotopic (exact) mass is 380 g/mol. The number of likely N-dealkylation sites (N-methyl/N-ethyl adjacent to an activating group) is 1. The first-order chi connectivity index (χ1) is 13.0. The molecule has 0 saturated heterocycles. The number of rotatable bonds is 1. The van der Waals surface area contributed by atoms with E-state index >= 15 is 0 Å². The van der Waals surface area contributed by atoms with Crippen molar-refractivity contribution in [2.24, 2.45) is 4.99 Å². The van der Waals surface area contributed by atoms with Gasteiger partial charge in [-0.2, -0.15) is 4.39 Å². The number of halogens is 3. The van der Waals surface area contributed by atoms with Gasteiger partial charge in [0.1, 0.15) is 12.4 Å². The molecule has 0 aliphatic carbocycles. The zero-order valence-corrected chi connectivity index (χ0v) is 14.8. The lowest BCUT2D eigenvalue weighted by Gasteiger charge is -2.37. The van der Waals surface area contributed by atoms with Crippen molar-refractivity contribution in [1.82, 2.24) is 4.90 Å². The molecule has 1 aromatic carbocycles. The summed E-state index contributed by atoms with van der Waals surface area (Å²) in [7, 11) is 1.90. The number of aliphatic imine (C=N–C) groups is 1. The normalized spacial score (nSPS) is 18.6. The van der Waals surface area contributed by atoms with Crippen LogP contribution in [-0.4, -0.2) is 50.4 Å². The third-order valence-corrected chi connectivity index (χ3v) is 4.39. The van der Waals surface area contributed by atoms with Gasteiger partial charge in [0.25, 0.3) is 5.91 Å². The van der Waals surface area contributed by atoms with E-state index in [9.17, 15) is 18.0 Å². The number of amides is 1. The first-order valence-corrected chi connectivity index (χ1v) is 8.31. The van der Waals surface area contributed by atoms with E-state index in [1.807, 2.05) is 24.1 Å². The Morgan fingerprint density at radius 2 is 2.07 bits per heavy atom. The van der Waals surface area contributed by atoms with Crippen molar-refractivity contribution >= 4 is 23.2 Å². The van der Waals surface area contributed by atoms with E-state index in [4.69, 9.17) is 4.74 Å². The van der Waals surface area contributed by atoms with Crippen LogP contribution in [0.25, 0.3) is 0 Å². The smallest absolute Gasteiger partial charge is 0.262 e. The molecule has 1 amide bonds. The van der Waals surface area contributed by atoms with E-state index in [1.165, 1.54) is 9.80 Å². The molecule has 3 aliphatic heterocycles. The maximum absolute atomic E-state index is 14.1. The van der Waals surface area contributed by atoms with Gasteiger partial charge in [-0.15, -0.1) is 0 Å². The summed E-state index contributed by atoms with van der Waals surface area (Å²) >= 11 is 0. The van der Waals surface area contributed by atoms with E-state index in [0.29, 0.717) is 31.3 Å². The van der Waals surface area contributed by atoms with Crippen LogP contribution in [0.3, 0.4) is 0 Å². The fraction of sp³-hybridized carbons (Fsp3) is 0.333. The molecule has 27 heavy (non-hydrogen) atoms. The zero-order chi connectivity index (χ0) is 19.6. The summed E-state index contributed by atoms with van der Waals surface area (Å²) in [5.74, 6) is 0.0655. The fourth-order valence-electron chi connectivity index (χ4n) is 3.03. The molecular weight excluding hydrogens is 361 g/mol. The lowest BCUT2D eigenvalue weighted by atomic mass is 10.1. The average molecular weight is 380 g/mol. The summed E-state index contributed by atoms with van der Waals surface area (Å²) in [6.45, 7) is 3.72. The van der Waals surface area contributed by atoms with E-state index in [1.54, 1.807) is 6.07 Å². The highest BCUT2D eigenvalue weighted by Crippen LogP contribution is 2.38. The van der Waals surface area contributed by atoms with E-state index in [0.717, 1.165) is 29.6 Å². The number of hydrogen-bond acceptors (Lipinski definition) is 5. The Balaban J connectivity index is 0.000000659. The molecule has 0 saturated carbocycles. The second-order valence-corrected chi connectivity index (χ2v) is 5.99. The van der Waals surface area contributed by atoms with Crippen LogP contribution in [0, 0.1) is 0 Å². The number of alkyl halides is 2. The highest BCUT2D eigenvalue weighted by Gasteiger charge is 2.35. The van der Waals surface area contributed by atoms with Gasteiger partial charge >= 0.3 is 0 Å². The number of ether oxygens (including phenoxy) is 1. The molecule has 3 heterocycles. The SMILES string of the molecule is C=C1COc2ccc(N3C(=O)C=C(F)N4CCCN=C43)cc2N1C.FCF. The van der Waals surface area contributed by atoms with Gasteiger partial charge in [0.15, 0.2) is 0 Å². The molecule has 0 spiro atoms. The predicted molar refractivity (Wildman–Crippen MR) is 96.9 cm³/mol. The number of carbonyl (C=O) groups excluding carboxylic acids is 1. The molecule has 0 fully saturated rings. The number of anilines is 2. The van der Waals surface area contributed by atoms with Gasteiger partial charge in [0, 0.05) is 25.8 Å². The van der Waals surface area contributed by atoms with Crippen LogP contribution < -0.4 is 14.5 Å². The summed E-state index contributed by atoms with van der Waals surface area (Å²) in [5, 5.41) is 0. The van der Waals surface area contributed by atoms with Crippen LogP contribution in [0.1, 0.15) is 6.42 Å². The molecular formula is C18H19F3N4O2. The Morgan fingerprint density at radius 3 is 2.81 bits per heavy atom. The molecule has 0 bridgehead atoms. The minimum absolute atomic E-state index is 0.337. The van der Waals surface area contributed by atoms with Crippen LogP contribution in [0.5, 0.6) is 5.75 Å². The van der Waals surface area contributed by atoms with Crippen LogP contribution in [0.2, 0.25) is 0 Å². The van der Waals surface area contributed by atoms with Gasteiger partial charge in [-0.3, -0.25) is 14.7 Å². The van der Waals surface area contributed by atoms with Gasteiger partial charge in [-0.25, -0.2) is 13.7 Å². The summed E-state index contributed by atoms with van der Waals surface area (Å²) in [6.07, 6.45) is 1.76. The summed E-state index contributed by atoms with van der Waals surface area (Å²) in [5.41, 5.74) is 2.26. The lowest BCUT2D eigenvalue weighted by Crippen LogP contribution is -2.52. The molecule has 1 aromatic rings. The first-order valence-electron chi connectivity index (χ1n) is 8.31. The van der Waals surface area contributed by atoms with E-state index in [-0.39, 0.29) is 0 Å². The van der Waals surface area contributed by atoms with Crippen LogP contribution >= 0.6 is 0 Å². The topological polar surface area (TPSA) is 48.4 Å².